The number of thioether (sulfide) groups is 1. The highest BCUT2D eigenvalue weighted by Crippen LogP contribution is 2.18. The van der Waals surface area contributed by atoms with E-state index in [4.69, 9.17) is 0 Å². The molecule has 1 heterocycles. The van der Waals surface area contributed by atoms with Gasteiger partial charge in [-0.3, -0.25) is 4.79 Å². The van der Waals surface area contributed by atoms with Crippen LogP contribution in [-0.4, -0.2) is 31.9 Å². The maximum absolute atomic E-state index is 12.0. The third-order valence-corrected chi connectivity index (χ3v) is 4.27. The Balaban J connectivity index is 1.57. The lowest BCUT2D eigenvalue weighted by atomic mass is 10.2. The van der Waals surface area contributed by atoms with Gasteiger partial charge in [0.25, 0.3) is 0 Å². The molecule has 2 aromatic carbocycles. The van der Waals surface area contributed by atoms with Crippen LogP contribution in [0.2, 0.25) is 0 Å². The summed E-state index contributed by atoms with van der Waals surface area (Å²) >= 11 is 1.31. The lowest BCUT2D eigenvalue weighted by Gasteiger charge is -2.06. The molecule has 1 amide bonds. The Morgan fingerprint density at radius 1 is 1.17 bits per heavy atom. The fraction of sp³-hybridized carbons (Fsp3) is 0.176. The highest BCUT2D eigenvalue weighted by atomic mass is 32.2. The van der Waals surface area contributed by atoms with Gasteiger partial charge in [0.15, 0.2) is 0 Å². The second-order valence-corrected chi connectivity index (χ2v) is 6.21. The second-order valence-electron chi connectivity index (χ2n) is 5.26. The third-order valence-electron chi connectivity index (χ3n) is 3.35. The average molecular weight is 339 g/mol. The Morgan fingerprint density at radius 2 is 2.00 bits per heavy atom. The molecule has 122 valence electrons. The standard InChI is InChI=1S/C17H17N5OS/c1-13-6-5-9-15(10-13)22-17(19-20-21-22)24-12-16(23)18-11-14-7-3-2-4-8-14/h2-10H,11-12H2,1H3,(H,18,23). The molecule has 3 rings (SSSR count). The average Bonchev–Trinajstić information content (AvgIpc) is 3.08. The number of tetrazole rings is 1. The molecule has 0 bridgehead atoms. The summed E-state index contributed by atoms with van der Waals surface area (Å²) in [4.78, 5) is 12.0. The van der Waals surface area contributed by atoms with Crippen LogP contribution in [0.15, 0.2) is 59.8 Å². The number of aryl methyl sites for hydroxylation is 1. The molecule has 6 nitrogen and oxygen atoms in total. The molecule has 0 spiro atoms. The van der Waals surface area contributed by atoms with Gasteiger partial charge in [-0.15, -0.1) is 5.10 Å². The van der Waals surface area contributed by atoms with Crippen molar-refractivity contribution in [2.24, 2.45) is 0 Å². The molecule has 0 saturated carbocycles. The highest BCUT2D eigenvalue weighted by molar-refractivity contribution is 7.99. The highest BCUT2D eigenvalue weighted by Gasteiger charge is 2.11. The predicted octanol–water partition coefficient (Wildman–Crippen LogP) is 2.38. The molecule has 0 aliphatic carbocycles. The van der Waals surface area contributed by atoms with Crippen LogP contribution in [0.1, 0.15) is 11.1 Å². The van der Waals surface area contributed by atoms with Crippen molar-refractivity contribution in [1.82, 2.24) is 25.5 Å². The summed E-state index contributed by atoms with van der Waals surface area (Å²) in [6.45, 7) is 2.53. The van der Waals surface area contributed by atoms with E-state index in [1.807, 2.05) is 61.5 Å². The number of hydrogen-bond acceptors (Lipinski definition) is 5. The number of hydrogen-bond donors (Lipinski definition) is 1. The Hall–Kier alpha value is -2.67. The SMILES string of the molecule is Cc1cccc(-n2nnnc2SCC(=O)NCc2ccccc2)c1. The fourth-order valence-corrected chi connectivity index (χ4v) is 2.89. The van der Waals surface area contributed by atoms with Gasteiger partial charge in [0, 0.05) is 6.54 Å². The van der Waals surface area contributed by atoms with Crippen molar-refractivity contribution in [3.8, 4) is 5.69 Å². The molecule has 0 saturated heterocycles. The topological polar surface area (TPSA) is 72.7 Å². The van der Waals surface area contributed by atoms with Gasteiger partial charge in [-0.1, -0.05) is 54.2 Å². The Morgan fingerprint density at radius 3 is 2.79 bits per heavy atom. The van der Waals surface area contributed by atoms with Gasteiger partial charge >= 0.3 is 0 Å². The van der Waals surface area contributed by atoms with Crippen LogP contribution in [0.3, 0.4) is 0 Å². The molecule has 0 atom stereocenters. The van der Waals surface area contributed by atoms with E-state index in [0.717, 1.165) is 16.8 Å². The summed E-state index contributed by atoms with van der Waals surface area (Å²) in [5.41, 5.74) is 3.08. The molecule has 3 aromatic rings. The van der Waals surface area contributed by atoms with E-state index in [0.29, 0.717) is 11.7 Å². The van der Waals surface area contributed by atoms with Crippen molar-refractivity contribution in [3.63, 3.8) is 0 Å². The molecule has 7 heteroatoms. The maximum atomic E-state index is 12.0. The summed E-state index contributed by atoms with van der Waals surface area (Å²) in [5.74, 6) is 0.210. The number of rotatable bonds is 6. The van der Waals surface area contributed by atoms with Crippen LogP contribution in [-0.2, 0) is 11.3 Å². The van der Waals surface area contributed by atoms with Gasteiger partial charge in [-0.25, -0.2) is 0 Å². The van der Waals surface area contributed by atoms with Crippen LogP contribution in [0.4, 0.5) is 0 Å². The number of carbonyl (C=O) groups is 1. The van der Waals surface area contributed by atoms with Crippen molar-refractivity contribution >= 4 is 17.7 Å². The summed E-state index contributed by atoms with van der Waals surface area (Å²) in [6, 6.07) is 17.7. The lowest BCUT2D eigenvalue weighted by molar-refractivity contribution is -0.118. The predicted molar refractivity (Wildman–Crippen MR) is 92.9 cm³/mol. The van der Waals surface area contributed by atoms with E-state index < -0.39 is 0 Å². The molecular formula is C17H17N5OS. The normalized spacial score (nSPS) is 10.5. The van der Waals surface area contributed by atoms with E-state index >= 15 is 0 Å². The smallest absolute Gasteiger partial charge is 0.230 e. The van der Waals surface area contributed by atoms with Crippen molar-refractivity contribution in [1.29, 1.82) is 0 Å². The summed E-state index contributed by atoms with van der Waals surface area (Å²) < 4.78 is 1.64. The Kier molecular flexibility index (Phi) is 5.22. The van der Waals surface area contributed by atoms with E-state index in [9.17, 15) is 4.79 Å². The minimum Gasteiger partial charge on any atom is -0.351 e. The van der Waals surface area contributed by atoms with Gasteiger partial charge in [0.2, 0.25) is 11.1 Å². The van der Waals surface area contributed by atoms with Crippen molar-refractivity contribution in [2.45, 2.75) is 18.6 Å². The zero-order chi connectivity index (χ0) is 16.8. The van der Waals surface area contributed by atoms with Crippen LogP contribution < -0.4 is 5.32 Å². The minimum absolute atomic E-state index is 0.0531. The summed E-state index contributed by atoms with van der Waals surface area (Å²) in [5, 5.41) is 15.2. The Bertz CT molecular complexity index is 819. The molecule has 0 radical (unpaired) electrons. The quantitative estimate of drug-likeness (QED) is 0.698. The molecule has 0 unspecified atom stereocenters. The maximum Gasteiger partial charge on any atom is 0.230 e. The zero-order valence-electron chi connectivity index (χ0n) is 13.2. The van der Waals surface area contributed by atoms with Crippen molar-refractivity contribution in [2.75, 3.05) is 5.75 Å². The van der Waals surface area contributed by atoms with Crippen LogP contribution in [0.5, 0.6) is 0 Å². The van der Waals surface area contributed by atoms with Crippen LogP contribution in [0.25, 0.3) is 5.69 Å². The molecule has 0 fully saturated rings. The molecule has 1 aromatic heterocycles. The number of amides is 1. The lowest BCUT2D eigenvalue weighted by Crippen LogP contribution is -2.24. The van der Waals surface area contributed by atoms with Crippen LogP contribution in [0, 0.1) is 6.92 Å². The molecule has 0 aliphatic heterocycles. The van der Waals surface area contributed by atoms with Gasteiger partial charge in [-0.05, 0) is 40.6 Å². The van der Waals surface area contributed by atoms with E-state index in [1.165, 1.54) is 11.8 Å². The summed E-state index contributed by atoms with van der Waals surface area (Å²) in [6.07, 6.45) is 0. The van der Waals surface area contributed by atoms with Gasteiger partial charge < -0.3 is 5.32 Å². The molecular weight excluding hydrogens is 322 g/mol. The third kappa shape index (κ3) is 4.20. The van der Waals surface area contributed by atoms with Gasteiger partial charge in [0.1, 0.15) is 0 Å². The Labute approximate surface area is 144 Å². The van der Waals surface area contributed by atoms with E-state index in [1.54, 1.807) is 4.68 Å². The number of nitrogens with zero attached hydrogens (tertiary/aromatic N) is 4. The summed E-state index contributed by atoms with van der Waals surface area (Å²) in [7, 11) is 0. The first kappa shape index (κ1) is 16.2. The molecule has 0 aliphatic rings. The number of aromatic nitrogens is 4. The van der Waals surface area contributed by atoms with E-state index in [-0.39, 0.29) is 11.7 Å². The van der Waals surface area contributed by atoms with Crippen LogP contribution >= 0.6 is 11.8 Å². The first-order valence-corrected chi connectivity index (χ1v) is 8.50. The minimum atomic E-state index is -0.0531. The monoisotopic (exact) mass is 339 g/mol. The fourth-order valence-electron chi connectivity index (χ4n) is 2.17. The first-order chi connectivity index (χ1) is 11.7. The molecule has 1 N–H and O–H groups in total. The van der Waals surface area contributed by atoms with Crippen molar-refractivity contribution in [3.05, 3.63) is 65.7 Å². The number of carbonyl (C=O) groups excluding carboxylic acids is 1. The van der Waals surface area contributed by atoms with Gasteiger partial charge in [-0.2, -0.15) is 4.68 Å². The first-order valence-electron chi connectivity index (χ1n) is 7.51. The van der Waals surface area contributed by atoms with Gasteiger partial charge in [0.05, 0.1) is 11.4 Å². The second kappa shape index (κ2) is 7.74. The zero-order valence-corrected chi connectivity index (χ0v) is 14.0. The van der Waals surface area contributed by atoms with E-state index in [2.05, 4.69) is 20.8 Å². The largest absolute Gasteiger partial charge is 0.351 e. The van der Waals surface area contributed by atoms with Crippen molar-refractivity contribution < 1.29 is 4.79 Å². The number of nitrogens with one attached hydrogen (secondary N) is 1. The number of benzene rings is 2. The molecule has 24 heavy (non-hydrogen) atoms.